The third-order valence-electron chi connectivity index (χ3n) is 4.41. The van der Waals surface area contributed by atoms with Crippen molar-refractivity contribution in [2.75, 3.05) is 13.1 Å². The summed E-state index contributed by atoms with van der Waals surface area (Å²) in [6.45, 7) is 10.2. The number of aromatic nitrogens is 2. The van der Waals surface area contributed by atoms with E-state index in [0.29, 0.717) is 0 Å². The lowest BCUT2D eigenvalue weighted by Gasteiger charge is -2.26. The van der Waals surface area contributed by atoms with Crippen LogP contribution in [0.5, 0.6) is 0 Å². The smallest absolute Gasteiger partial charge is 0.0682 e. The topological polar surface area (TPSA) is 21.1 Å². The van der Waals surface area contributed by atoms with Gasteiger partial charge in [-0.05, 0) is 49.7 Å². The summed E-state index contributed by atoms with van der Waals surface area (Å²) >= 11 is 0. The van der Waals surface area contributed by atoms with Gasteiger partial charge in [-0.25, -0.2) is 4.68 Å². The second-order valence-corrected chi connectivity index (χ2v) is 7.40. The van der Waals surface area contributed by atoms with E-state index in [0.717, 1.165) is 17.9 Å². The van der Waals surface area contributed by atoms with Crippen LogP contribution in [-0.4, -0.2) is 27.8 Å². The van der Waals surface area contributed by atoms with E-state index >= 15 is 0 Å². The summed E-state index contributed by atoms with van der Waals surface area (Å²) in [5.41, 5.74) is 3.76. The molecule has 1 aliphatic rings. The molecule has 1 aromatic carbocycles. The molecule has 3 nitrogen and oxygen atoms in total. The fraction of sp³-hybridized carbons (Fsp3) is 0.526. The van der Waals surface area contributed by atoms with Crippen molar-refractivity contribution >= 4 is 0 Å². The first-order chi connectivity index (χ1) is 10.5. The average molecular weight is 297 g/mol. The zero-order chi connectivity index (χ0) is 15.6. The Balaban J connectivity index is 1.69. The Morgan fingerprint density at radius 3 is 2.23 bits per heavy atom. The van der Waals surface area contributed by atoms with Crippen LogP contribution in [0, 0.1) is 0 Å². The maximum absolute atomic E-state index is 4.70. The maximum Gasteiger partial charge on any atom is 0.0682 e. The van der Waals surface area contributed by atoms with E-state index in [4.69, 9.17) is 5.10 Å². The molecule has 0 unspecified atom stereocenters. The fourth-order valence-electron chi connectivity index (χ4n) is 3.00. The first kappa shape index (κ1) is 15.3. The van der Waals surface area contributed by atoms with Crippen LogP contribution in [0.1, 0.15) is 51.3 Å². The predicted molar refractivity (Wildman–Crippen MR) is 91.4 cm³/mol. The van der Waals surface area contributed by atoms with E-state index in [1.165, 1.54) is 37.9 Å². The summed E-state index contributed by atoms with van der Waals surface area (Å²) < 4.78 is 1.98. The van der Waals surface area contributed by atoms with Crippen molar-refractivity contribution in [3.05, 3.63) is 47.8 Å². The first-order valence-corrected chi connectivity index (χ1v) is 8.40. The number of benzene rings is 1. The van der Waals surface area contributed by atoms with Crippen LogP contribution in [0.15, 0.2) is 36.5 Å². The van der Waals surface area contributed by atoms with E-state index in [9.17, 15) is 0 Å². The Bertz CT molecular complexity index is 598. The van der Waals surface area contributed by atoms with Crippen LogP contribution in [0.3, 0.4) is 0 Å². The zero-order valence-electron chi connectivity index (χ0n) is 14.0. The van der Waals surface area contributed by atoms with Crippen LogP contribution in [-0.2, 0) is 12.0 Å². The Hall–Kier alpha value is -1.61. The van der Waals surface area contributed by atoms with E-state index in [1.807, 2.05) is 4.68 Å². The van der Waals surface area contributed by atoms with Crippen molar-refractivity contribution in [1.29, 1.82) is 0 Å². The summed E-state index contributed by atoms with van der Waals surface area (Å²) in [5, 5.41) is 4.70. The molecule has 1 aromatic heterocycles. The minimum atomic E-state index is 0.0967. The average Bonchev–Trinajstić information content (AvgIpc) is 2.99. The largest absolute Gasteiger partial charge is 0.299 e. The molecule has 118 valence electrons. The molecule has 2 aromatic rings. The highest BCUT2D eigenvalue weighted by atomic mass is 15.3. The Morgan fingerprint density at radius 2 is 1.64 bits per heavy atom. The van der Waals surface area contributed by atoms with Crippen molar-refractivity contribution in [1.82, 2.24) is 14.7 Å². The minimum Gasteiger partial charge on any atom is -0.299 e. The number of hydrogen-bond acceptors (Lipinski definition) is 2. The Kier molecular flexibility index (Phi) is 4.34. The lowest BCUT2D eigenvalue weighted by atomic mass is 9.93. The van der Waals surface area contributed by atoms with Gasteiger partial charge in [0, 0.05) is 18.2 Å². The van der Waals surface area contributed by atoms with Gasteiger partial charge in [-0.15, -0.1) is 0 Å². The lowest BCUT2D eigenvalue weighted by Crippen LogP contribution is -2.29. The third kappa shape index (κ3) is 3.58. The SMILES string of the molecule is CC(C)(C)c1ccn(-c2ccc(CN3CCCCC3)cc2)n1. The molecule has 1 saturated heterocycles. The van der Waals surface area contributed by atoms with E-state index in [2.05, 4.69) is 62.2 Å². The quantitative estimate of drug-likeness (QED) is 0.848. The molecule has 3 rings (SSSR count). The highest BCUT2D eigenvalue weighted by Gasteiger charge is 2.17. The maximum atomic E-state index is 4.70. The molecular formula is C19H27N3. The Labute approximate surface area is 133 Å². The van der Waals surface area contributed by atoms with Gasteiger partial charge in [0.25, 0.3) is 0 Å². The second-order valence-electron chi connectivity index (χ2n) is 7.40. The molecule has 3 heteroatoms. The van der Waals surface area contributed by atoms with Crippen LogP contribution in [0.25, 0.3) is 5.69 Å². The van der Waals surface area contributed by atoms with Crippen LogP contribution in [0.2, 0.25) is 0 Å². The van der Waals surface area contributed by atoms with Crippen LogP contribution < -0.4 is 0 Å². The molecule has 2 heterocycles. The second kappa shape index (κ2) is 6.25. The summed E-state index contributed by atoms with van der Waals surface area (Å²) in [6.07, 6.45) is 6.15. The number of rotatable bonds is 3. The molecular weight excluding hydrogens is 270 g/mol. The van der Waals surface area contributed by atoms with Gasteiger partial charge in [-0.3, -0.25) is 4.90 Å². The zero-order valence-corrected chi connectivity index (χ0v) is 14.0. The lowest BCUT2D eigenvalue weighted by molar-refractivity contribution is 0.221. The highest BCUT2D eigenvalue weighted by molar-refractivity contribution is 5.34. The molecule has 22 heavy (non-hydrogen) atoms. The third-order valence-corrected chi connectivity index (χ3v) is 4.41. The predicted octanol–water partition coefficient (Wildman–Crippen LogP) is 4.16. The molecule has 0 bridgehead atoms. The Morgan fingerprint density at radius 1 is 0.955 bits per heavy atom. The van der Waals surface area contributed by atoms with Gasteiger partial charge in [0.2, 0.25) is 0 Å². The first-order valence-electron chi connectivity index (χ1n) is 8.40. The van der Waals surface area contributed by atoms with Crippen molar-refractivity contribution in [3.8, 4) is 5.69 Å². The molecule has 0 spiro atoms. The van der Waals surface area contributed by atoms with Gasteiger partial charge in [0.05, 0.1) is 11.4 Å². The van der Waals surface area contributed by atoms with Crippen molar-refractivity contribution < 1.29 is 0 Å². The van der Waals surface area contributed by atoms with Crippen molar-refractivity contribution in [2.24, 2.45) is 0 Å². The molecule has 0 amide bonds. The number of hydrogen-bond donors (Lipinski definition) is 0. The van der Waals surface area contributed by atoms with Gasteiger partial charge in [-0.2, -0.15) is 5.10 Å². The van der Waals surface area contributed by atoms with Crippen molar-refractivity contribution in [3.63, 3.8) is 0 Å². The standard InChI is InChI=1S/C19H27N3/c1-19(2,3)18-11-14-22(20-18)17-9-7-16(8-10-17)15-21-12-5-4-6-13-21/h7-11,14H,4-6,12-13,15H2,1-3H3. The number of piperidine rings is 1. The van der Waals surface area contributed by atoms with Gasteiger partial charge in [-0.1, -0.05) is 39.3 Å². The summed E-state index contributed by atoms with van der Waals surface area (Å²) in [5.74, 6) is 0. The normalized spacial score (nSPS) is 16.9. The molecule has 0 atom stereocenters. The highest BCUT2D eigenvalue weighted by Crippen LogP contribution is 2.21. The van der Waals surface area contributed by atoms with Crippen molar-refractivity contribution in [2.45, 2.75) is 52.0 Å². The summed E-state index contributed by atoms with van der Waals surface area (Å²) in [6, 6.07) is 10.9. The van der Waals surface area contributed by atoms with Gasteiger partial charge < -0.3 is 0 Å². The number of nitrogens with zero attached hydrogens (tertiary/aromatic N) is 3. The van der Waals surface area contributed by atoms with E-state index in [-0.39, 0.29) is 5.41 Å². The fourth-order valence-corrected chi connectivity index (χ4v) is 3.00. The summed E-state index contributed by atoms with van der Waals surface area (Å²) in [4.78, 5) is 2.56. The van der Waals surface area contributed by atoms with E-state index in [1.54, 1.807) is 0 Å². The monoisotopic (exact) mass is 297 g/mol. The minimum absolute atomic E-state index is 0.0967. The van der Waals surface area contributed by atoms with Gasteiger partial charge in [0.15, 0.2) is 0 Å². The van der Waals surface area contributed by atoms with Crippen LogP contribution in [0.4, 0.5) is 0 Å². The molecule has 0 N–H and O–H groups in total. The van der Waals surface area contributed by atoms with E-state index < -0.39 is 0 Å². The van der Waals surface area contributed by atoms with Gasteiger partial charge >= 0.3 is 0 Å². The summed E-state index contributed by atoms with van der Waals surface area (Å²) in [7, 11) is 0. The molecule has 0 saturated carbocycles. The van der Waals surface area contributed by atoms with Crippen LogP contribution >= 0.6 is 0 Å². The van der Waals surface area contributed by atoms with Gasteiger partial charge in [0.1, 0.15) is 0 Å². The molecule has 1 fully saturated rings. The molecule has 1 aliphatic heterocycles. The number of likely N-dealkylation sites (tertiary alicyclic amines) is 1. The molecule has 0 radical (unpaired) electrons. The molecule has 0 aliphatic carbocycles.